The predicted octanol–water partition coefficient (Wildman–Crippen LogP) is -3.85. The van der Waals surface area contributed by atoms with Gasteiger partial charge in [-0.3, -0.25) is 16.3 Å². The molecule has 0 saturated carbocycles. The van der Waals surface area contributed by atoms with Gasteiger partial charge in [-0.25, -0.2) is 0 Å². The van der Waals surface area contributed by atoms with Gasteiger partial charge in [0.05, 0.1) is 6.42 Å². The molecular formula is C4H11N4O2+. The molecule has 1 amide bonds. The third kappa shape index (κ3) is 6.54. The molecule has 0 radical (unpaired) electrons. The SMILES string of the molecule is NC(=O)CCO[NH+]=C(N)N. The molecule has 0 aliphatic heterocycles. The number of hydrogen-bond acceptors (Lipinski definition) is 2. The van der Waals surface area contributed by atoms with Crippen molar-refractivity contribution in [2.45, 2.75) is 6.42 Å². The second-order valence-corrected chi connectivity index (χ2v) is 1.62. The van der Waals surface area contributed by atoms with Crippen LogP contribution in [-0.4, -0.2) is 18.5 Å². The molecule has 7 N–H and O–H groups in total. The van der Waals surface area contributed by atoms with E-state index in [0.29, 0.717) is 0 Å². The molecule has 0 aromatic carbocycles. The summed E-state index contributed by atoms with van der Waals surface area (Å²) in [5, 5.41) is 2.17. The molecule has 0 saturated heterocycles. The van der Waals surface area contributed by atoms with Gasteiger partial charge in [-0.1, -0.05) is 0 Å². The summed E-state index contributed by atoms with van der Waals surface area (Å²) in [5.74, 6) is -0.484. The summed E-state index contributed by atoms with van der Waals surface area (Å²) in [6, 6.07) is 0. The van der Waals surface area contributed by atoms with Crippen LogP contribution < -0.4 is 22.4 Å². The van der Waals surface area contributed by atoms with Crippen LogP contribution in [0.5, 0.6) is 0 Å². The molecule has 0 fully saturated rings. The lowest BCUT2D eigenvalue weighted by Crippen LogP contribution is -2.77. The largest absolute Gasteiger partial charge is 0.375 e. The van der Waals surface area contributed by atoms with Crippen LogP contribution in [0.4, 0.5) is 0 Å². The first-order valence-corrected chi connectivity index (χ1v) is 2.67. The first-order chi connectivity index (χ1) is 4.63. The van der Waals surface area contributed by atoms with Gasteiger partial charge in [0.2, 0.25) is 5.91 Å². The standard InChI is InChI=1S/C4H10N4O2/c5-3(9)1-2-10-8-4(6)7/h1-2H2,(H2,5,9)(H4,6,7,8)/p+1. The Morgan fingerprint density at radius 2 is 2.00 bits per heavy atom. The molecule has 0 heterocycles. The number of nitrogens with one attached hydrogen (secondary N) is 1. The summed E-state index contributed by atoms with van der Waals surface area (Å²) < 4.78 is 0. The highest BCUT2D eigenvalue weighted by Gasteiger charge is 1.93. The van der Waals surface area contributed by atoms with Crippen molar-refractivity contribution in [1.82, 2.24) is 0 Å². The summed E-state index contributed by atoms with van der Waals surface area (Å²) in [6.45, 7) is 0.160. The molecule has 0 aliphatic carbocycles. The van der Waals surface area contributed by atoms with Crippen molar-refractivity contribution in [3.8, 4) is 0 Å². The van der Waals surface area contributed by atoms with E-state index in [1.54, 1.807) is 0 Å². The van der Waals surface area contributed by atoms with Crippen molar-refractivity contribution >= 4 is 11.9 Å². The monoisotopic (exact) mass is 147 g/mol. The fourth-order valence-electron chi connectivity index (χ4n) is 0.286. The highest BCUT2D eigenvalue weighted by atomic mass is 16.6. The zero-order chi connectivity index (χ0) is 7.98. The van der Waals surface area contributed by atoms with E-state index in [4.69, 9.17) is 17.2 Å². The van der Waals surface area contributed by atoms with E-state index < -0.39 is 5.91 Å². The highest BCUT2D eigenvalue weighted by molar-refractivity contribution is 5.73. The fraction of sp³-hybridized carbons (Fsp3) is 0.500. The van der Waals surface area contributed by atoms with E-state index in [0.717, 1.165) is 0 Å². The molecule has 10 heavy (non-hydrogen) atoms. The summed E-state index contributed by atoms with van der Waals surface area (Å²) in [6.07, 6.45) is 0.139. The predicted molar refractivity (Wildman–Crippen MR) is 34.1 cm³/mol. The topological polar surface area (TPSA) is 118 Å². The van der Waals surface area contributed by atoms with Gasteiger partial charge in [-0.2, -0.15) is 0 Å². The second kappa shape index (κ2) is 4.42. The summed E-state index contributed by atoms with van der Waals surface area (Å²) in [4.78, 5) is 14.7. The van der Waals surface area contributed by atoms with Gasteiger partial charge in [0, 0.05) is 0 Å². The Kier molecular flexibility index (Phi) is 3.78. The Morgan fingerprint density at radius 3 is 2.40 bits per heavy atom. The van der Waals surface area contributed by atoms with Crippen molar-refractivity contribution in [2.75, 3.05) is 6.61 Å². The summed E-state index contributed by atoms with van der Waals surface area (Å²) in [7, 11) is 0. The maximum absolute atomic E-state index is 10.1. The number of carbonyl (C=O) groups excluding carboxylic acids is 1. The Labute approximate surface area is 58.0 Å². The third-order valence-corrected chi connectivity index (χ3v) is 0.641. The maximum atomic E-state index is 10.1. The van der Waals surface area contributed by atoms with Gasteiger partial charge in [0.1, 0.15) is 6.61 Å². The maximum Gasteiger partial charge on any atom is 0.375 e. The second-order valence-electron chi connectivity index (χ2n) is 1.62. The number of guanidine groups is 1. The van der Waals surface area contributed by atoms with Crippen molar-refractivity contribution in [2.24, 2.45) is 17.2 Å². The molecule has 0 aromatic heterocycles. The van der Waals surface area contributed by atoms with Crippen molar-refractivity contribution < 1.29 is 14.8 Å². The quantitative estimate of drug-likeness (QED) is 0.141. The van der Waals surface area contributed by atoms with Gasteiger partial charge >= 0.3 is 5.96 Å². The van der Waals surface area contributed by atoms with Crippen molar-refractivity contribution in [1.29, 1.82) is 0 Å². The minimum Gasteiger partial charge on any atom is -0.370 e. The van der Waals surface area contributed by atoms with E-state index in [1.165, 1.54) is 0 Å². The zero-order valence-corrected chi connectivity index (χ0v) is 5.46. The zero-order valence-electron chi connectivity index (χ0n) is 5.46. The molecule has 0 spiro atoms. The molecule has 0 aromatic rings. The summed E-state index contributed by atoms with van der Waals surface area (Å²) in [5.41, 5.74) is 14.7. The Bertz CT molecular complexity index is 140. The molecular weight excluding hydrogens is 136 g/mol. The van der Waals surface area contributed by atoms with Gasteiger partial charge < -0.3 is 10.6 Å². The Balaban J connectivity index is 3.21. The molecule has 6 nitrogen and oxygen atoms in total. The van der Waals surface area contributed by atoms with E-state index in [9.17, 15) is 4.79 Å². The van der Waals surface area contributed by atoms with Gasteiger partial charge in [-0.05, 0) is 0 Å². The number of hydrogen-bond donors (Lipinski definition) is 4. The molecule has 6 heteroatoms. The highest BCUT2D eigenvalue weighted by Crippen LogP contribution is 1.71. The average Bonchev–Trinajstić information content (AvgIpc) is 1.79. The molecule has 0 unspecified atom stereocenters. The lowest BCUT2D eigenvalue weighted by Gasteiger charge is -1.93. The number of rotatable bonds is 4. The van der Waals surface area contributed by atoms with E-state index in [1.807, 2.05) is 0 Å². The molecule has 0 rings (SSSR count). The Morgan fingerprint density at radius 1 is 1.40 bits per heavy atom. The number of nitrogens with two attached hydrogens (primary N) is 3. The minimum atomic E-state index is -0.433. The fourth-order valence-corrected chi connectivity index (χ4v) is 0.286. The minimum absolute atomic E-state index is 0.0514. The Hall–Kier alpha value is -1.46. The van der Waals surface area contributed by atoms with E-state index in [-0.39, 0.29) is 19.0 Å². The van der Waals surface area contributed by atoms with Gasteiger partial charge in [-0.15, -0.1) is 5.16 Å². The van der Waals surface area contributed by atoms with Crippen LogP contribution in [-0.2, 0) is 9.63 Å². The van der Waals surface area contributed by atoms with E-state index >= 15 is 0 Å². The first kappa shape index (κ1) is 8.54. The van der Waals surface area contributed by atoms with Crippen molar-refractivity contribution in [3.05, 3.63) is 0 Å². The number of primary amides is 1. The molecule has 0 atom stereocenters. The number of amides is 1. The van der Waals surface area contributed by atoms with Gasteiger partial charge in [0.25, 0.3) is 0 Å². The lowest BCUT2D eigenvalue weighted by atomic mass is 10.4. The normalized spacial score (nSPS) is 8.40. The van der Waals surface area contributed by atoms with Crippen LogP contribution >= 0.6 is 0 Å². The van der Waals surface area contributed by atoms with Crippen LogP contribution in [0.1, 0.15) is 6.42 Å². The molecule has 0 aliphatic rings. The molecule has 0 bridgehead atoms. The van der Waals surface area contributed by atoms with Gasteiger partial charge in [0.15, 0.2) is 0 Å². The van der Waals surface area contributed by atoms with Crippen LogP contribution in [0.25, 0.3) is 0 Å². The average molecular weight is 147 g/mol. The smallest absolute Gasteiger partial charge is 0.370 e. The number of carbonyl (C=O) groups is 1. The van der Waals surface area contributed by atoms with Crippen molar-refractivity contribution in [3.63, 3.8) is 0 Å². The van der Waals surface area contributed by atoms with Crippen LogP contribution in [0.3, 0.4) is 0 Å². The summed E-state index contributed by atoms with van der Waals surface area (Å²) >= 11 is 0. The third-order valence-electron chi connectivity index (χ3n) is 0.641. The van der Waals surface area contributed by atoms with Crippen LogP contribution in [0.2, 0.25) is 0 Å². The van der Waals surface area contributed by atoms with Crippen LogP contribution in [0, 0.1) is 0 Å². The molecule has 58 valence electrons. The van der Waals surface area contributed by atoms with E-state index in [2.05, 4.69) is 9.99 Å². The van der Waals surface area contributed by atoms with Crippen LogP contribution in [0.15, 0.2) is 0 Å². The first-order valence-electron chi connectivity index (χ1n) is 2.67. The lowest BCUT2D eigenvalue weighted by molar-refractivity contribution is -0.754.